The van der Waals surface area contributed by atoms with Crippen LogP contribution >= 0.6 is 7.82 Å². The van der Waals surface area contributed by atoms with Gasteiger partial charge in [0.2, 0.25) is 5.91 Å². The van der Waals surface area contributed by atoms with E-state index in [0.29, 0.717) is 23.9 Å². The molecule has 0 radical (unpaired) electrons. The van der Waals surface area contributed by atoms with Crippen molar-refractivity contribution < 1.29 is 32.9 Å². The summed E-state index contributed by atoms with van der Waals surface area (Å²) in [6.45, 7) is 4.73. The van der Waals surface area contributed by atoms with Crippen molar-refractivity contribution in [1.29, 1.82) is 0 Å². The van der Waals surface area contributed by atoms with Gasteiger partial charge >= 0.3 is 0 Å². The van der Waals surface area contributed by atoms with Crippen LogP contribution in [0.25, 0.3) is 0 Å². The fourth-order valence-corrected chi connectivity index (χ4v) is 8.41. The van der Waals surface area contributed by atoms with E-state index in [1.165, 1.54) is 180 Å². The predicted molar refractivity (Wildman–Crippen MR) is 252 cm³/mol. The smallest absolute Gasteiger partial charge is 0.268 e. The van der Waals surface area contributed by atoms with Crippen molar-refractivity contribution in [2.45, 2.75) is 264 Å². The third-order valence-electron chi connectivity index (χ3n) is 11.8. The summed E-state index contributed by atoms with van der Waals surface area (Å²) in [6.07, 6.45) is 49.4. The molecule has 3 atom stereocenters. The minimum atomic E-state index is -4.57. The molecule has 59 heavy (non-hydrogen) atoms. The number of aliphatic hydroxyl groups excluding tert-OH is 1. The third-order valence-corrected chi connectivity index (χ3v) is 12.7. The molecule has 0 rings (SSSR count). The van der Waals surface area contributed by atoms with Crippen LogP contribution in [0.4, 0.5) is 0 Å². The number of carbonyl (C=O) groups is 1. The summed E-state index contributed by atoms with van der Waals surface area (Å²) in [5, 5.41) is 13.9. The van der Waals surface area contributed by atoms with E-state index in [9.17, 15) is 19.4 Å². The first kappa shape index (κ1) is 58.2. The second-order valence-electron chi connectivity index (χ2n) is 18.9. The van der Waals surface area contributed by atoms with E-state index < -0.39 is 20.0 Å². The van der Waals surface area contributed by atoms with Gasteiger partial charge in [-0.05, 0) is 38.5 Å². The minimum absolute atomic E-state index is 0.00999. The lowest BCUT2D eigenvalue weighted by molar-refractivity contribution is -0.870. The molecule has 8 nitrogen and oxygen atoms in total. The van der Waals surface area contributed by atoms with E-state index in [0.717, 1.165) is 44.9 Å². The Morgan fingerprint density at radius 2 is 0.932 bits per heavy atom. The molecule has 0 aliphatic carbocycles. The number of nitrogens with one attached hydrogen (secondary N) is 1. The number of carbonyl (C=O) groups excluding carboxylic acids is 1. The second kappa shape index (κ2) is 42.5. The fourth-order valence-electron chi connectivity index (χ4n) is 7.68. The SMILES string of the molecule is CCCCCCCCCCCCC/C=C/CCCC[C@@H](O)[C@H](COP(=O)([O-])OCC[N+](C)(C)C)NC(=O)CCCCCCCCCCCCCCCCCCCCCC. The van der Waals surface area contributed by atoms with Crippen molar-refractivity contribution in [3.05, 3.63) is 12.2 Å². The lowest BCUT2D eigenvalue weighted by Gasteiger charge is -2.30. The van der Waals surface area contributed by atoms with Gasteiger partial charge in [-0.15, -0.1) is 0 Å². The van der Waals surface area contributed by atoms with Crippen molar-refractivity contribution >= 4 is 13.7 Å². The number of phosphoric ester groups is 1. The van der Waals surface area contributed by atoms with Gasteiger partial charge in [-0.1, -0.05) is 219 Å². The Morgan fingerprint density at radius 1 is 0.576 bits per heavy atom. The van der Waals surface area contributed by atoms with Gasteiger partial charge in [0.25, 0.3) is 7.82 Å². The predicted octanol–water partition coefficient (Wildman–Crippen LogP) is 14.1. The van der Waals surface area contributed by atoms with Gasteiger partial charge in [0.1, 0.15) is 13.2 Å². The number of allylic oxidation sites excluding steroid dienone is 2. The largest absolute Gasteiger partial charge is 0.756 e. The maximum Gasteiger partial charge on any atom is 0.268 e. The lowest BCUT2D eigenvalue weighted by atomic mass is 10.0. The molecule has 0 aromatic carbocycles. The molecule has 0 aliphatic heterocycles. The normalized spacial score (nSPS) is 14.2. The van der Waals surface area contributed by atoms with Crippen LogP contribution in [0.3, 0.4) is 0 Å². The molecule has 0 aromatic heterocycles. The topological polar surface area (TPSA) is 108 Å². The van der Waals surface area contributed by atoms with Crippen LogP contribution < -0.4 is 10.2 Å². The quantitative estimate of drug-likeness (QED) is 0.0273. The van der Waals surface area contributed by atoms with Gasteiger partial charge < -0.3 is 28.8 Å². The highest BCUT2D eigenvalue weighted by molar-refractivity contribution is 7.45. The number of hydrogen-bond donors (Lipinski definition) is 2. The molecule has 0 fully saturated rings. The molecule has 9 heteroatoms. The Balaban J connectivity index is 4.26. The third kappa shape index (κ3) is 45.1. The zero-order chi connectivity index (χ0) is 43.6. The Bertz CT molecular complexity index is 974. The number of nitrogens with zero attached hydrogens (tertiary/aromatic N) is 1. The summed E-state index contributed by atoms with van der Waals surface area (Å²) < 4.78 is 23.3. The number of unbranched alkanes of at least 4 members (excludes halogenated alkanes) is 32. The number of rotatable bonds is 47. The Labute approximate surface area is 367 Å². The summed E-state index contributed by atoms with van der Waals surface area (Å²) in [5.74, 6) is -0.169. The maximum atomic E-state index is 12.9. The molecule has 0 spiro atoms. The Morgan fingerprint density at radius 3 is 1.32 bits per heavy atom. The van der Waals surface area contributed by atoms with E-state index >= 15 is 0 Å². The van der Waals surface area contributed by atoms with E-state index in [2.05, 4.69) is 31.3 Å². The monoisotopic (exact) mass is 857 g/mol. The number of likely N-dealkylation sites (N-methyl/N-ethyl adjacent to an activating group) is 1. The maximum absolute atomic E-state index is 12.9. The average Bonchev–Trinajstić information content (AvgIpc) is 3.19. The first-order chi connectivity index (χ1) is 28.5. The van der Waals surface area contributed by atoms with E-state index in [1.54, 1.807) is 0 Å². The summed E-state index contributed by atoms with van der Waals surface area (Å²) in [7, 11) is 1.30. The Kier molecular flexibility index (Phi) is 42.0. The molecule has 2 N–H and O–H groups in total. The summed E-state index contributed by atoms with van der Waals surface area (Å²) >= 11 is 0. The van der Waals surface area contributed by atoms with Gasteiger partial charge in [0.15, 0.2) is 0 Å². The van der Waals surface area contributed by atoms with Crippen LogP contribution in [0.1, 0.15) is 251 Å². The van der Waals surface area contributed by atoms with Gasteiger partial charge in [0.05, 0.1) is 39.9 Å². The van der Waals surface area contributed by atoms with Crippen LogP contribution in [0.15, 0.2) is 12.2 Å². The van der Waals surface area contributed by atoms with Gasteiger partial charge in [0, 0.05) is 6.42 Å². The average molecular weight is 857 g/mol. The standard InChI is InChI=1S/C50H101N2O6P/c1-6-8-10-12-14-16-18-20-22-24-25-26-28-30-32-34-36-38-40-42-44-50(54)51-48(47-58-59(55,56)57-46-45-52(3,4)5)49(53)43-41-39-37-35-33-31-29-27-23-21-19-17-15-13-11-9-7-2/h33,35,48-49,53H,6-32,34,36-47H2,1-5H3,(H-,51,54,55,56)/b35-33+/t48-,49+/m0/s1. The minimum Gasteiger partial charge on any atom is -0.756 e. The number of hydrogen-bond acceptors (Lipinski definition) is 6. The molecular weight excluding hydrogens is 756 g/mol. The summed E-state index contributed by atoms with van der Waals surface area (Å²) in [4.78, 5) is 25.4. The van der Waals surface area contributed by atoms with Crippen molar-refractivity contribution in [2.24, 2.45) is 0 Å². The van der Waals surface area contributed by atoms with Crippen LogP contribution in [0.5, 0.6) is 0 Å². The van der Waals surface area contributed by atoms with Crippen molar-refractivity contribution in [1.82, 2.24) is 5.32 Å². The van der Waals surface area contributed by atoms with Crippen molar-refractivity contribution in [3.63, 3.8) is 0 Å². The van der Waals surface area contributed by atoms with E-state index in [1.807, 2.05) is 21.1 Å². The molecule has 0 aliphatic rings. The Hall–Kier alpha value is -0.760. The molecule has 0 heterocycles. The molecule has 1 amide bonds. The molecule has 0 aromatic rings. The molecule has 0 saturated heterocycles. The summed E-state index contributed by atoms with van der Waals surface area (Å²) in [5.41, 5.74) is 0. The number of amides is 1. The lowest BCUT2D eigenvalue weighted by Crippen LogP contribution is -2.46. The molecule has 0 saturated carbocycles. The van der Waals surface area contributed by atoms with Crippen LogP contribution in [-0.4, -0.2) is 68.5 Å². The van der Waals surface area contributed by atoms with Gasteiger partial charge in [-0.3, -0.25) is 9.36 Å². The van der Waals surface area contributed by atoms with Crippen molar-refractivity contribution in [2.75, 3.05) is 40.9 Å². The molecule has 1 unspecified atom stereocenters. The van der Waals surface area contributed by atoms with Crippen molar-refractivity contribution in [3.8, 4) is 0 Å². The first-order valence-corrected chi connectivity index (χ1v) is 27.0. The molecule has 0 bridgehead atoms. The zero-order valence-corrected chi connectivity index (χ0v) is 40.9. The van der Waals surface area contributed by atoms with Gasteiger partial charge in [-0.25, -0.2) is 0 Å². The zero-order valence-electron chi connectivity index (χ0n) is 40.0. The number of quaternary nitrogens is 1. The number of phosphoric acid groups is 1. The fraction of sp³-hybridized carbons (Fsp3) is 0.940. The number of aliphatic hydroxyl groups is 1. The summed E-state index contributed by atoms with van der Waals surface area (Å²) in [6, 6.07) is -0.812. The first-order valence-electron chi connectivity index (χ1n) is 25.5. The van der Waals surface area contributed by atoms with E-state index in [4.69, 9.17) is 9.05 Å². The van der Waals surface area contributed by atoms with Gasteiger partial charge in [-0.2, -0.15) is 0 Å². The highest BCUT2D eigenvalue weighted by atomic mass is 31.2. The molecular formula is C50H101N2O6P. The van der Waals surface area contributed by atoms with E-state index in [-0.39, 0.29) is 19.1 Å². The van der Waals surface area contributed by atoms with Crippen LogP contribution in [0, 0.1) is 0 Å². The highest BCUT2D eigenvalue weighted by Gasteiger charge is 2.24. The molecule has 352 valence electrons. The second-order valence-corrected chi connectivity index (χ2v) is 20.3. The van der Waals surface area contributed by atoms with Crippen LogP contribution in [0.2, 0.25) is 0 Å². The van der Waals surface area contributed by atoms with Crippen LogP contribution in [-0.2, 0) is 18.4 Å². The highest BCUT2D eigenvalue weighted by Crippen LogP contribution is 2.38.